The summed E-state index contributed by atoms with van der Waals surface area (Å²) in [5.74, 6) is 1.24. The minimum Gasteiger partial charge on any atom is -0.466 e. The van der Waals surface area contributed by atoms with Crippen LogP contribution in [0, 0.1) is 11.8 Å². The molecule has 0 N–H and O–H groups in total. The molecule has 0 aliphatic carbocycles. The Bertz CT molecular complexity index is 900. The van der Waals surface area contributed by atoms with Crippen LogP contribution in [0.1, 0.15) is 252 Å². The Morgan fingerprint density at radius 3 is 1.19 bits per heavy atom. The first kappa shape index (κ1) is 53.4. The summed E-state index contributed by atoms with van der Waals surface area (Å²) in [5.41, 5.74) is 0. The van der Waals surface area contributed by atoms with Crippen LogP contribution in [0.15, 0.2) is 0 Å². The fourth-order valence-corrected chi connectivity index (χ4v) is 8.55. The minimum atomic E-state index is -0.0713. The zero-order valence-corrected chi connectivity index (χ0v) is 38.4. The number of unbranched alkanes of at least 4 members (excludes halogenated alkanes) is 16. The van der Waals surface area contributed by atoms with Crippen molar-refractivity contribution in [2.45, 2.75) is 259 Å². The van der Waals surface area contributed by atoms with Crippen molar-refractivity contribution < 1.29 is 28.6 Å². The highest BCUT2D eigenvalue weighted by Gasteiger charge is 2.19. The van der Waals surface area contributed by atoms with Crippen LogP contribution < -0.4 is 0 Å². The molecule has 1 saturated heterocycles. The molecular weight excluding hydrogens is 711 g/mol. The van der Waals surface area contributed by atoms with E-state index in [1.807, 2.05) is 0 Å². The van der Waals surface area contributed by atoms with Gasteiger partial charge in [0, 0.05) is 12.8 Å². The van der Waals surface area contributed by atoms with E-state index in [9.17, 15) is 14.4 Å². The van der Waals surface area contributed by atoms with E-state index in [4.69, 9.17) is 14.2 Å². The van der Waals surface area contributed by atoms with Gasteiger partial charge in [0.25, 0.3) is 0 Å². The average molecular weight is 806 g/mol. The van der Waals surface area contributed by atoms with Crippen molar-refractivity contribution in [1.29, 1.82) is 0 Å². The number of carbonyl (C=O) groups is 3. The van der Waals surface area contributed by atoms with Gasteiger partial charge in [-0.05, 0) is 89.1 Å². The fourth-order valence-electron chi connectivity index (χ4n) is 8.55. The van der Waals surface area contributed by atoms with E-state index in [-0.39, 0.29) is 24.0 Å². The number of carbonyl (C=O) groups excluding carboxylic acids is 3. The fraction of sp³-hybridized carbons (Fsp3) is 0.940. The maximum absolute atomic E-state index is 12.9. The molecule has 1 atom stereocenters. The molecule has 1 rings (SSSR count). The Balaban J connectivity index is 2.30. The molecule has 0 spiro atoms. The van der Waals surface area contributed by atoms with Gasteiger partial charge in [0.2, 0.25) is 0 Å². The molecule has 0 amide bonds. The van der Waals surface area contributed by atoms with E-state index in [0.717, 1.165) is 103 Å². The molecule has 0 aromatic carbocycles. The molecule has 7 nitrogen and oxygen atoms in total. The summed E-state index contributed by atoms with van der Waals surface area (Å²) in [6.07, 6.45) is 39.3. The molecule has 336 valence electrons. The summed E-state index contributed by atoms with van der Waals surface area (Å²) in [6, 6.07) is 0. The van der Waals surface area contributed by atoms with Gasteiger partial charge in [-0.3, -0.25) is 19.3 Å². The third-order valence-corrected chi connectivity index (χ3v) is 12.4. The maximum atomic E-state index is 12.9. The molecule has 1 fully saturated rings. The van der Waals surface area contributed by atoms with Gasteiger partial charge in [0.05, 0.1) is 19.8 Å². The quantitative estimate of drug-likeness (QED) is 0.0346. The summed E-state index contributed by atoms with van der Waals surface area (Å²) in [7, 11) is 0. The van der Waals surface area contributed by atoms with Gasteiger partial charge in [0.15, 0.2) is 0 Å². The highest BCUT2D eigenvalue weighted by molar-refractivity contribution is 5.72. The third-order valence-electron chi connectivity index (χ3n) is 12.4. The minimum absolute atomic E-state index is 0.0255. The summed E-state index contributed by atoms with van der Waals surface area (Å²) < 4.78 is 17.4. The lowest BCUT2D eigenvalue weighted by molar-refractivity contribution is -0.151. The first-order valence-corrected chi connectivity index (χ1v) is 25.1. The van der Waals surface area contributed by atoms with Gasteiger partial charge in [0.1, 0.15) is 6.10 Å². The second-order valence-corrected chi connectivity index (χ2v) is 17.8. The van der Waals surface area contributed by atoms with Gasteiger partial charge in [-0.25, -0.2) is 0 Å². The van der Waals surface area contributed by atoms with Crippen LogP contribution in [-0.2, 0) is 28.6 Å². The third kappa shape index (κ3) is 33.9. The summed E-state index contributed by atoms with van der Waals surface area (Å²) in [6.45, 7) is 12.6. The molecule has 1 aliphatic heterocycles. The van der Waals surface area contributed by atoms with Crippen molar-refractivity contribution in [1.82, 2.24) is 4.90 Å². The number of hydrogen-bond acceptors (Lipinski definition) is 7. The number of esters is 3. The van der Waals surface area contributed by atoms with Crippen LogP contribution >= 0.6 is 0 Å². The highest BCUT2D eigenvalue weighted by atomic mass is 16.5. The van der Waals surface area contributed by atoms with Crippen molar-refractivity contribution in [2.75, 3.05) is 32.8 Å². The normalized spacial score (nSPS) is 14.0. The van der Waals surface area contributed by atoms with E-state index in [1.165, 1.54) is 122 Å². The van der Waals surface area contributed by atoms with Crippen molar-refractivity contribution in [2.24, 2.45) is 11.8 Å². The number of likely N-dealkylation sites (tertiary alicyclic amines) is 1. The van der Waals surface area contributed by atoms with Crippen molar-refractivity contribution in [3.8, 4) is 0 Å². The number of hydrogen-bond donors (Lipinski definition) is 0. The van der Waals surface area contributed by atoms with E-state index >= 15 is 0 Å². The van der Waals surface area contributed by atoms with Crippen LogP contribution in [0.2, 0.25) is 0 Å². The van der Waals surface area contributed by atoms with Gasteiger partial charge in [-0.1, -0.05) is 175 Å². The Morgan fingerprint density at radius 2 is 0.789 bits per heavy atom. The van der Waals surface area contributed by atoms with Gasteiger partial charge >= 0.3 is 17.9 Å². The summed E-state index contributed by atoms with van der Waals surface area (Å²) >= 11 is 0. The zero-order chi connectivity index (χ0) is 41.4. The van der Waals surface area contributed by atoms with Gasteiger partial charge in [-0.2, -0.15) is 0 Å². The number of ether oxygens (including phenoxy) is 3. The summed E-state index contributed by atoms with van der Waals surface area (Å²) in [5, 5.41) is 0. The number of nitrogens with zero attached hydrogens (tertiary/aromatic N) is 1. The molecular formula is C50H95NO6. The molecule has 1 aliphatic rings. The van der Waals surface area contributed by atoms with E-state index < -0.39 is 0 Å². The molecule has 0 aromatic heterocycles. The highest BCUT2D eigenvalue weighted by Crippen LogP contribution is 2.23. The molecule has 0 aromatic rings. The predicted octanol–water partition coefficient (Wildman–Crippen LogP) is 14.3. The van der Waals surface area contributed by atoms with Crippen LogP contribution in [0.3, 0.4) is 0 Å². The Hall–Kier alpha value is -1.63. The van der Waals surface area contributed by atoms with Gasteiger partial charge in [-0.15, -0.1) is 0 Å². The van der Waals surface area contributed by atoms with Crippen molar-refractivity contribution >= 4 is 17.9 Å². The van der Waals surface area contributed by atoms with Crippen molar-refractivity contribution in [3.05, 3.63) is 0 Å². The van der Waals surface area contributed by atoms with Crippen LogP contribution in [0.4, 0.5) is 0 Å². The number of rotatable bonds is 41. The monoisotopic (exact) mass is 806 g/mol. The molecule has 1 heterocycles. The standard InChI is InChI=1S/C50H95NO6/c1-5-9-20-30-45(31-21-10-6-2)38-42-55-48(52)36-26-16-14-13-15-24-34-47(57-50(54)44-51-40-28-19-29-41-51)35-25-17-18-27-37-49(53)56-43-39-46(32-22-11-7-3)33-23-12-8-4/h45-47H,5-44H2,1-4H3. The van der Waals surface area contributed by atoms with Crippen LogP contribution in [-0.4, -0.2) is 61.8 Å². The lowest BCUT2D eigenvalue weighted by Gasteiger charge is -2.26. The Morgan fingerprint density at radius 1 is 0.421 bits per heavy atom. The molecule has 7 heteroatoms. The second kappa shape index (κ2) is 39.8. The first-order valence-electron chi connectivity index (χ1n) is 25.1. The second-order valence-electron chi connectivity index (χ2n) is 17.8. The molecule has 0 saturated carbocycles. The van der Waals surface area contributed by atoms with Crippen LogP contribution in [0.5, 0.6) is 0 Å². The van der Waals surface area contributed by atoms with Crippen molar-refractivity contribution in [3.63, 3.8) is 0 Å². The van der Waals surface area contributed by atoms with E-state index in [1.54, 1.807) is 0 Å². The average Bonchev–Trinajstić information content (AvgIpc) is 3.20. The smallest absolute Gasteiger partial charge is 0.320 e. The van der Waals surface area contributed by atoms with Gasteiger partial charge < -0.3 is 14.2 Å². The zero-order valence-electron chi connectivity index (χ0n) is 38.4. The number of piperidine rings is 1. The molecule has 0 bridgehead atoms. The SMILES string of the molecule is CCCCCC(CCCCC)CCOC(=O)CCCCCCCCC(CCCCCCC(=O)OCCC(CCCCC)CCCCC)OC(=O)CN1CCCCC1. The van der Waals surface area contributed by atoms with E-state index in [0.29, 0.717) is 44.4 Å². The predicted molar refractivity (Wildman–Crippen MR) is 240 cm³/mol. The molecule has 57 heavy (non-hydrogen) atoms. The summed E-state index contributed by atoms with van der Waals surface area (Å²) in [4.78, 5) is 40.0. The lowest BCUT2D eigenvalue weighted by atomic mass is 9.92. The molecule has 1 unspecified atom stereocenters. The largest absolute Gasteiger partial charge is 0.466 e. The van der Waals surface area contributed by atoms with Crippen LogP contribution in [0.25, 0.3) is 0 Å². The molecule has 0 radical (unpaired) electrons. The topological polar surface area (TPSA) is 82.1 Å². The maximum Gasteiger partial charge on any atom is 0.320 e. The Kier molecular flexibility index (Phi) is 37.3. The first-order chi connectivity index (χ1) is 27.9. The lowest BCUT2D eigenvalue weighted by Crippen LogP contribution is -2.36. The van der Waals surface area contributed by atoms with E-state index in [2.05, 4.69) is 32.6 Å². The Labute approximate surface area is 353 Å².